The van der Waals surface area contributed by atoms with E-state index in [-0.39, 0.29) is 22.4 Å². The molecule has 0 saturated heterocycles. The van der Waals surface area contributed by atoms with Crippen LogP contribution < -0.4 is 9.46 Å². The number of hydrogen-bond acceptors (Lipinski definition) is 7. The van der Waals surface area contributed by atoms with Crippen LogP contribution in [0.25, 0.3) is 0 Å². The standard InChI is InChI=1S/C24H25NO7S/c1-16-7-10-19(11-8-16)33(28,29)25-14-23(26)32-18-9-12-20-21(13-18)30-15-22(24(20)27)31-17-5-3-2-4-6-17/h2-8,10-11,15,18,20-21,25H,9,12-14H2,1H3. The van der Waals surface area contributed by atoms with Crippen LogP contribution in [0.2, 0.25) is 0 Å². The van der Waals surface area contributed by atoms with Gasteiger partial charge in [0.1, 0.15) is 30.8 Å². The summed E-state index contributed by atoms with van der Waals surface area (Å²) in [6, 6.07) is 15.3. The number of nitrogens with one attached hydrogen (secondary N) is 1. The summed E-state index contributed by atoms with van der Waals surface area (Å²) in [7, 11) is -3.81. The van der Waals surface area contributed by atoms with E-state index in [4.69, 9.17) is 14.2 Å². The van der Waals surface area contributed by atoms with Crippen LogP contribution in [-0.2, 0) is 29.1 Å². The highest BCUT2D eigenvalue weighted by Crippen LogP contribution is 2.35. The summed E-state index contributed by atoms with van der Waals surface area (Å²) in [5.41, 5.74) is 0.931. The third kappa shape index (κ3) is 5.61. The number of hydrogen-bond donors (Lipinski definition) is 1. The molecule has 0 aromatic heterocycles. The van der Waals surface area contributed by atoms with Gasteiger partial charge in [0, 0.05) is 6.42 Å². The van der Waals surface area contributed by atoms with Crippen LogP contribution in [0.4, 0.5) is 0 Å². The highest BCUT2D eigenvalue weighted by Gasteiger charge is 2.42. The lowest BCUT2D eigenvalue weighted by atomic mass is 9.80. The van der Waals surface area contributed by atoms with E-state index in [0.29, 0.717) is 25.0 Å². The molecule has 1 saturated carbocycles. The largest absolute Gasteiger partial charge is 0.493 e. The second kappa shape index (κ2) is 9.76. The Hall–Kier alpha value is -3.17. The van der Waals surface area contributed by atoms with Gasteiger partial charge in [-0.1, -0.05) is 35.9 Å². The SMILES string of the molecule is Cc1ccc(S(=O)(=O)NCC(=O)OC2CCC3C(=O)C(Oc4ccccc4)=COC3C2)cc1. The molecule has 4 rings (SSSR count). The minimum absolute atomic E-state index is 0.0795. The van der Waals surface area contributed by atoms with Crippen molar-refractivity contribution >= 4 is 21.8 Å². The number of carbonyl (C=O) groups excluding carboxylic acids is 2. The molecule has 33 heavy (non-hydrogen) atoms. The molecule has 0 radical (unpaired) electrons. The maximum atomic E-state index is 12.8. The zero-order chi connectivity index (χ0) is 23.4. The van der Waals surface area contributed by atoms with E-state index in [1.54, 1.807) is 24.3 Å². The van der Waals surface area contributed by atoms with Crippen molar-refractivity contribution in [1.82, 2.24) is 4.72 Å². The van der Waals surface area contributed by atoms with Gasteiger partial charge in [-0.05, 0) is 44.0 Å². The molecule has 1 aliphatic carbocycles. The van der Waals surface area contributed by atoms with E-state index in [1.165, 1.54) is 18.4 Å². The fourth-order valence-electron chi connectivity index (χ4n) is 3.91. The Balaban J connectivity index is 1.29. The van der Waals surface area contributed by atoms with Crippen LogP contribution in [-0.4, -0.2) is 38.9 Å². The van der Waals surface area contributed by atoms with E-state index in [1.807, 2.05) is 25.1 Å². The zero-order valence-corrected chi connectivity index (χ0v) is 18.9. The summed E-state index contributed by atoms with van der Waals surface area (Å²) < 4.78 is 43.7. The first-order valence-electron chi connectivity index (χ1n) is 10.7. The third-order valence-electron chi connectivity index (χ3n) is 5.68. The molecule has 1 aliphatic heterocycles. The van der Waals surface area contributed by atoms with E-state index in [9.17, 15) is 18.0 Å². The number of allylic oxidation sites excluding steroid dienone is 1. The summed E-state index contributed by atoms with van der Waals surface area (Å²) in [5, 5.41) is 0. The molecule has 2 aromatic carbocycles. The number of benzene rings is 2. The second-order valence-electron chi connectivity index (χ2n) is 8.11. The first-order valence-corrected chi connectivity index (χ1v) is 12.2. The average Bonchev–Trinajstić information content (AvgIpc) is 2.81. The van der Waals surface area contributed by atoms with Crippen LogP contribution in [0.1, 0.15) is 24.8 Å². The van der Waals surface area contributed by atoms with Gasteiger partial charge >= 0.3 is 5.97 Å². The minimum Gasteiger partial charge on any atom is -0.493 e. The molecule has 1 N–H and O–H groups in total. The maximum Gasteiger partial charge on any atom is 0.321 e. The lowest BCUT2D eigenvalue weighted by molar-refractivity contribution is -0.153. The predicted molar refractivity (Wildman–Crippen MR) is 119 cm³/mol. The van der Waals surface area contributed by atoms with Crippen molar-refractivity contribution in [2.45, 2.75) is 43.3 Å². The number of Topliss-reactive ketones (excluding diaryl/α,β-unsaturated/α-hetero) is 1. The number of esters is 1. The molecule has 3 unspecified atom stereocenters. The van der Waals surface area contributed by atoms with Crippen LogP contribution >= 0.6 is 0 Å². The van der Waals surface area contributed by atoms with E-state index < -0.39 is 34.7 Å². The zero-order valence-electron chi connectivity index (χ0n) is 18.1. The third-order valence-corrected chi connectivity index (χ3v) is 7.10. The number of ketones is 1. The number of ether oxygens (including phenoxy) is 3. The van der Waals surface area contributed by atoms with Crippen molar-refractivity contribution in [3.63, 3.8) is 0 Å². The van der Waals surface area contributed by atoms with Crippen molar-refractivity contribution in [2.24, 2.45) is 5.92 Å². The van der Waals surface area contributed by atoms with Crippen LogP contribution in [0.5, 0.6) is 5.75 Å². The van der Waals surface area contributed by atoms with E-state index in [2.05, 4.69) is 4.72 Å². The smallest absolute Gasteiger partial charge is 0.321 e. The Morgan fingerprint density at radius 3 is 2.55 bits per heavy atom. The van der Waals surface area contributed by atoms with Gasteiger partial charge in [-0.25, -0.2) is 8.42 Å². The number of aryl methyl sites for hydroxylation is 1. The van der Waals surface area contributed by atoms with Crippen LogP contribution in [0.15, 0.2) is 71.5 Å². The maximum absolute atomic E-state index is 12.8. The molecule has 8 nitrogen and oxygen atoms in total. The lowest BCUT2D eigenvalue weighted by Crippen LogP contribution is -2.43. The van der Waals surface area contributed by atoms with Gasteiger partial charge in [0.05, 0.1) is 10.8 Å². The van der Waals surface area contributed by atoms with Crippen LogP contribution in [0, 0.1) is 12.8 Å². The molecule has 2 aromatic rings. The predicted octanol–water partition coefficient (Wildman–Crippen LogP) is 2.87. The highest BCUT2D eigenvalue weighted by atomic mass is 32.2. The number of fused-ring (bicyclic) bond motifs is 1. The molecule has 1 heterocycles. The van der Waals surface area contributed by atoms with Gasteiger partial charge < -0.3 is 14.2 Å². The quantitative estimate of drug-likeness (QED) is 0.619. The van der Waals surface area contributed by atoms with E-state index >= 15 is 0 Å². The summed E-state index contributed by atoms with van der Waals surface area (Å²) >= 11 is 0. The monoisotopic (exact) mass is 471 g/mol. The summed E-state index contributed by atoms with van der Waals surface area (Å²) in [6.45, 7) is 1.38. The van der Waals surface area contributed by atoms with Crippen molar-refractivity contribution in [1.29, 1.82) is 0 Å². The van der Waals surface area contributed by atoms with Crippen LogP contribution in [0.3, 0.4) is 0 Å². The molecular formula is C24H25NO7S. The first-order chi connectivity index (χ1) is 15.8. The number of sulfonamides is 1. The average molecular weight is 472 g/mol. The van der Waals surface area contributed by atoms with E-state index in [0.717, 1.165) is 5.56 Å². The normalized spacial score (nSPS) is 22.5. The first kappa shape index (κ1) is 23.0. The van der Waals surface area contributed by atoms with Gasteiger partial charge in [0.25, 0.3) is 0 Å². The number of rotatable bonds is 7. The second-order valence-corrected chi connectivity index (χ2v) is 9.87. The minimum atomic E-state index is -3.81. The van der Waals surface area contributed by atoms with Crippen molar-refractivity contribution in [2.75, 3.05) is 6.54 Å². The van der Waals surface area contributed by atoms with Crippen molar-refractivity contribution < 1.29 is 32.2 Å². The molecule has 2 aliphatic rings. The summed E-state index contributed by atoms with van der Waals surface area (Å²) in [4.78, 5) is 25.1. The molecule has 3 atom stereocenters. The topological polar surface area (TPSA) is 108 Å². The van der Waals surface area contributed by atoms with Crippen molar-refractivity contribution in [3.8, 4) is 5.75 Å². The summed E-state index contributed by atoms with van der Waals surface area (Å²) in [6.07, 6.45) is 1.74. The highest BCUT2D eigenvalue weighted by molar-refractivity contribution is 7.89. The Morgan fingerprint density at radius 2 is 1.82 bits per heavy atom. The molecular weight excluding hydrogens is 446 g/mol. The number of para-hydroxylation sites is 1. The van der Waals surface area contributed by atoms with Gasteiger partial charge in [0.2, 0.25) is 21.6 Å². The molecule has 1 fully saturated rings. The molecule has 0 bridgehead atoms. The molecule has 174 valence electrons. The summed E-state index contributed by atoms with van der Waals surface area (Å²) in [5.74, 6) is -0.479. The lowest BCUT2D eigenvalue weighted by Gasteiger charge is -2.36. The molecule has 0 spiro atoms. The Morgan fingerprint density at radius 1 is 1.09 bits per heavy atom. The Labute approximate surface area is 192 Å². The fraction of sp³-hybridized carbons (Fsp3) is 0.333. The van der Waals surface area contributed by atoms with Gasteiger partial charge in [-0.2, -0.15) is 4.72 Å². The molecule has 0 amide bonds. The Bertz CT molecular complexity index is 1140. The fourth-order valence-corrected chi connectivity index (χ4v) is 4.88. The number of carbonyl (C=O) groups is 2. The van der Waals surface area contributed by atoms with Gasteiger partial charge in [-0.3, -0.25) is 9.59 Å². The Kier molecular flexibility index (Phi) is 6.80. The van der Waals surface area contributed by atoms with Crippen molar-refractivity contribution in [3.05, 3.63) is 72.2 Å². The molecule has 9 heteroatoms. The van der Waals surface area contributed by atoms with Gasteiger partial charge in [0.15, 0.2) is 0 Å². The van der Waals surface area contributed by atoms with Gasteiger partial charge in [-0.15, -0.1) is 0 Å².